The van der Waals surface area contributed by atoms with Gasteiger partial charge in [0.25, 0.3) is 0 Å². The number of nitrogens with one attached hydrogen (secondary N) is 1. The third-order valence-corrected chi connectivity index (χ3v) is 5.07. The number of nitrogens with zero attached hydrogens (tertiary/aromatic N) is 4. The Hall–Kier alpha value is -2.99. The second-order valence-corrected chi connectivity index (χ2v) is 7.01. The van der Waals surface area contributed by atoms with Crippen LogP contribution in [0.15, 0.2) is 30.6 Å². The third-order valence-electron chi connectivity index (χ3n) is 5.07. The standard InChI is InChI=1S/C19H24N6O5/c1-29-11-4-2-3-10(7-11)5-6-21-19-23-16(20)13-17(24-19)25(9-22-13)18-15(28)14(27)12(8-26)30-18/h2-4,7,9,12,14-15,18,26-28H,5-6,8H2,1H3,(H3,20,21,23,24)/t12-,14-,15-,18?/m1/s1. The number of imidazole rings is 1. The fraction of sp³-hybridized carbons (Fsp3) is 0.421. The minimum absolute atomic E-state index is 0.175. The van der Waals surface area contributed by atoms with Crippen LogP contribution >= 0.6 is 0 Å². The Kier molecular flexibility index (Phi) is 5.68. The molecule has 0 saturated carbocycles. The van der Waals surface area contributed by atoms with Gasteiger partial charge in [0.2, 0.25) is 5.95 Å². The fourth-order valence-corrected chi connectivity index (χ4v) is 3.46. The molecule has 3 heterocycles. The summed E-state index contributed by atoms with van der Waals surface area (Å²) in [7, 11) is 1.62. The average Bonchev–Trinajstić information content (AvgIpc) is 3.29. The van der Waals surface area contributed by atoms with E-state index in [1.807, 2.05) is 24.3 Å². The van der Waals surface area contributed by atoms with Crippen molar-refractivity contribution in [1.29, 1.82) is 0 Å². The lowest BCUT2D eigenvalue weighted by Crippen LogP contribution is -2.33. The van der Waals surface area contributed by atoms with E-state index in [0.717, 1.165) is 11.3 Å². The first-order chi connectivity index (χ1) is 14.5. The van der Waals surface area contributed by atoms with Gasteiger partial charge in [-0.3, -0.25) is 4.57 Å². The van der Waals surface area contributed by atoms with Crippen molar-refractivity contribution >= 4 is 22.9 Å². The van der Waals surface area contributed by atoms with Crippen molar-refractivity contribution in [3.05, 3.63) is 36.2 Å². The minimum atomic E-state index is -1.25. The number of nitrogen functional groups attached to an aromatic ring is 1. The summed E-state index contributed by atoms with van der Waals surface area (Å²) in [5.74, 6) is 1.27. The van der Waals surface area contributed by atoms with Crippen LogP contribution in [0.4, 0.5) is 11.8 Å². The number of ether oxygens (including phenoxy) is 2. The number of rotatable bonds is 7. The summed E-state index contributed by atoms with van der Waals surface area (Å²) in [5.41, 5.74) is 7.82. The summed E-state index contributed by atoms with van der Waals surface area (Å²) >= 11 is 0. The average molecular weight is 416 g/mol. The predicted molar refractivity (Wildman–Crippen MR) is 108 cm³/mol. The Morgan fingerprint density at radius 2 is 2.10 bits per heavy atom. The summed E-state index contributed by atoms with van der Waals surface area (Å²) < 4.78 is 12.3. The van der Waals surface area contributed by atoms with Gasteiger partial charge < -0.3 is 35.8 Å². The first kappa shape index (κ1) is 20.3. The number of aliphatic hydroxyl groups excluding tert-OH is 3. The van der Waals surface area contributed by atoms with Crippen molar-refractivity contribution in [2.24, 2.45) is 0 Å². The van der Waals surface area contributed by atoms with Gasteiger partial charge in [0.05, 0.1) is 20.0 Å². The molecule has 1 saturated heterocycles. The molecular weight excluding hydrogens is 392 g/mol. The second-order valence-electron chi connectivity index (χ2n) is 7.01. The highest BCUT2D eigenvalue weighted by Gasteiger charge is 2.44. The molecule has 0 radical (unpaired) electrons. The van der Waals surface area contributed by atoms with Gasteiger partial charge in [0.15, 0.2) is 17.7 Å². The van der Waals surface area contributed by atoms with Crippen LogP contribution in [0, 0.1) is 0 Å². The topological polar surface area (TPSA) is 161 Å². The van der Waals surface area contributed by atoms with Crippen LogP contribution in [0.3, 0.4) is 0 Å². The van der Waals surface area contributed by atoms with E-state index in [1.165, 1.54) is 10.9 Å². The number of methoxy groups -OCH3 is 1. The molecule has 1 fully saturated rings. The number of hydrogen-bond acceptors (Lipinski definition) is 10. The summed E-state index contributed by atoms with van der Waals surface area (Å²) in [6.07, 6.45) is -2.21. The predicted octanol–water partition coefficient (Wildman–Crippen LogP) is -0.317. The number of nitrogens with two attached hydrogens (primary N) is 1. The van der Waals surface area contributed by atoms with E-state index < -0.39 is 31.1 Å². The van der Waals surface area contributed by atoms with Crippen LogP contribution in [0.5, 0.6) is 5.75 Å². The number of benzene rings is 1. The SMILES string of the molecule is COc1cccc(CCNc2nc(N)c3ncn(C4O[C@H](CO)[C@@H](O)[C@H]4O)c3n2)c1. The summed E-state index contributed by atoms with van der Waals surface area (Å²) in [5, 5.41) is 32.8. The van der Waals surface area contributed by atoms with Gasteiger partial charge in [0.1, 0.15) is 29.6 Å². The van der Waals surface area contributed by atoms with Crippen molar-refractivity contribution in [2.75, 3.05) is 31.3 Å². The first-order valence-electron chi connectivity index (χ1n) is 9.51. The van der Waals surface area contributed by atoms with Crippen LogP contribution in [0.25, 0.3) is 11.2 Å². The van der Waals surface area contributed by atoms with Gasteiger partial charge in [-0.05, 0) is 24.1 Å². The van der Waals surface area contributed by atoms with Crippen LogP contribution in [0.2, 0.25) is 0 Å². The lowest BCUT2D eigenvalue weighted by Gasteiger charge is -2.16. The second kappa shape index (κ2) is 8.40. The molecule has 0 amide bonds. The Balaban J connectivity index is 1.53. The summed E-state index contributed by atoms with van der Waals surface area (Å²) in [6.45, 7) is 0.135. The number of aromatic nitrogens is 4. The molecule has 1 aliphatic rings. The molecule has 11 nitrogen and oxygen atoms in total. The highest BCUT2D eigenvalue weighted by atomic mass is 16.6. The Bertz CT molecular complexity index is 1030. The largest absolute Gasteiger partial charge is 0.497 e. The zero-order valence-electron chi connectivity index (χ0n) is 16.3. The van der Waals surface area contributed by atoms with Gasteiger partial charge in [-0.2, -0.15) is 9.97 Å². The minimum Gasteiger partial charge on any atom is -0.497 e. The molecule has 0 aliphatic carbocycles. The lowest BCUT2D eigenvalue weighted by atomic mass is 10.1. The van der Waals surface area contributed by atoms with Gasteiger partial charge in [-0.25, -0.2) is 4.98 Å². The van der Waals surface area contributed by atoms with E-state index in [2.05, 4.69) is 20.3 Å². The van der Waals surface area contributed by atoms with Crippen molar-refractivity contribution in [2.45, 2.75) is 31.0 Å². The van der Waals surface area contributed by atoms with Crippen LogP contribution in [0.1, 0.15) is 11.8 Å². The highest BCUT2D eigenvalue weighted by Crippen LogP contribution is 2.32. The van der Waals surface area contributed by atoms with Crippen molar-refractivity contribution in [3.8, 4) is 5.75 Å². The molecular formula is C19H24N6O5. The van der Waals surface area contributed by atoms with Crippen molar-refractivity contribution in [3.63, 3.8) is 0 Å². The summed E-state index contributed by atoms with van der Waals surface area (Å²) in [4.78, 5) is 12.9. The van der Waals surface area contributed by atoms with E-state index in [9.17, 15) is 15.3 Å². The smallest absolute Gasteiger partial charge is 0.226 e. The maximum absolute atomic E-state index is 10.3. The summed E-state index contributed by atoms with van der Waals surface area (Å²) in [6, 6.07) is 7.76. The molecule has 1 unspecified atom stereocenters. The molecule has 2 aromatic heterocycles. The highest BCUT2D eigenvalue weighted by molar-refractivity contribution is 5.83. The number of anilines is 2. The van der Waals surface area contributed by atoms with E-state index >= 15 is 0 Å². The lowest BCUT2D eigenvalue weighted by molar-refractivity contribution is -0.0511. The quantitative estimate of drug-likeness (QED) is 0.345. The molecule has 6 N–H and O–H groups in total. The molecule has 4 atom stereocenters. The molecule has 4 rings (SSSR count). The number of fused-ring (bicyclic) bond motifs is 1. The monoisotopic (exact) mass is 416 g/mol. The van der Waals surface area contributed by atoms with E-state index in [-0.39, 0.29) is 5.82 Å². The molecule has 3 aromatic rings. The van der Waals surface area contributed by atoms with E-state index in [4.69, 9.17) is 15.2 Å². The molecule has 0 spiro atoms. The number of aliphatic hydroxyl groups is 3. The first-order valence-corrected chi connectivity index (χ1v) is 9.51. The van der Waals surface area contributed by atoms with Crippen molar-refractivity contribution < 1.29 is 24.8 Å². The van der Waals surface area contributed by atoms with E-state index in [1.54, 1.807) is 7.11 Å². The Labute approximate surface area is 172 Å². The van der Waals surface area contributed by atoms with Crippen LogP contribution < -0.4 is 15.8 Å². The van der Waals surface area contributed by atoms with Crippen molar-refractivity contribution in [1.82, 2.24) is 19.5 Å². The van der Waals surface area contributed by atoms with Crippen LogP contribution in [-0.4, -0.2) is 73.4 Å². The molecule has 0 bridgehead atoms. The van der Waals surface area contributed by atoms with Crippen LogP contribution in [-0.2, 0) is 11.2 Å². The van der Waals surface area contributed by atoms with Gasteiger partial charge in [-0.1, -0.05) is 12.1 Å². The molecule has 30 heavy (non-hydrogen) atoms. The van der Waals surface area contributed by atoms with Gasteiger partial charge in [-0.15, -0.1) is 0 Å². The van der Waals surface area contributed by atoms with E-state index in [0.29, 0.717) is 30.1 Å². The Morgan fingerprint density at radius 1 is 1.27 bits per heavy atom. The molecule has 1 aliphatic heterocycles. The van der Waals surface area contributed by atoms with Gasteiger partial charge >= 0.3 is 0 Å². The molecule has 1 aromatic carbocycles. The molecule has 11 heteroatoms. The fourth-order valence-electron chi connectivity index (χ4n) is 3.46. The Morgan fingerprint density at radius 3 is 2.83 bits per heavy atom. The maximum atomic E-state index is 10.3. The zero-order chi connectivity index (χ0) is 21.3. The number of hydrogen-bond donors (Lipinski definition) is 5. The maximum Gasteiger partial charge on any atom is 0.226 e. The van der Waals surface area contributed by atoms with Gasteiger partial charge in [0, 0.05) is 6.54 Å². The molecule has 160 valence electrons. The third kappa shape index (κ3) is 3.75. The normalized spacial score (nSPS) is 23.7. The zero-order valence-corrected chi connectivity index (χ0v) is 16.3.